The number of benzene rings is 2. The number of anilines is 2. The Bertz CT molecular complexity index is 1850. The molecule has 4 aliphatic rings. The zero-order valence-corrected chi connectivity index (χ0v) is 26.7. The summed E-state index contributed by atoms with van der Waals surface area (Å²) in [5, 5.41) is 18.5. The van der Waals surface area contributed by atoms with Crippen LogP contribution >= 0.6 is 0 Å². The topological polar surface area (TPSA) is 242 Å². The van der Waals surface area contributed by atoms with Crippen LogP contribution in [-0.2, 0) is 28.8 Å². The van der Waals surface area contributed by atoms with Crippen LogP contribution in [0.25, 0.3) is 0 Å². The maximum Gasteiger partial charge on any atom is 0.264 e. The van der Waals surface area contributed by atoms with Gasteiger partial charge in [-0.3, -0.25) is 53.5 Å². The van der Waals surface area contributed by atoms with Gasteiger partial charge in [-0.1, -0.05) is 18.2 Å². The second-order valence-electron chi connectivity index (χ2n) is 12.8. The van der Waals surface area contributed by atoms with E-state index in [1.54, 1.807) is 6.07 Å². The van der Waals surface area contributed by atoms with Crippen LogP contribution in [0.3, 0.4) is 0 Å². The second-order valence-corrected chi connectivity index (χ2v) is 12.8. The Morgan fingerprint density at radius 1 is 0.860 bits per heavy atom. The van der Waals surface area contributed by atoms with Gasteiger partial charge in [0.2, 0.25) is 29.5 Å². The third kappa shape index (κ3) is 6.13. The summed E-state index contributed by atoms with van der Waals surface area (Å²) in [6.07, 6.45) is 0.0322. The smallest absolute Gasteiger partial charge is 0.264 e. The Hall–Kier alpha value is -5.77. The summed E-state index contributed by atoms with van der Waals surface area (Å²) in [6.45, 7) is 0. The maximum atomic E-state index is 13.4. The molecule has 6 N–H and O–H groups in total. The van der Waals surface area contributed by atoms with Gasteiger partial charge < -0.3 is 26.3 Å². The van der Waals surface area contributed by atoms with Crippen molar-refractivity contribution in [3.05, 3.63) is 58.7 Å². The van der Waals surface area contributed by atoms with Gasteiger partial charge in [0, 0.05) is 30.2 Å². The molecule has 0 spiro atoms. The molecule has 260 valence electrons. The Kier molecular flexibility index (Phi) is 9.29. The number of imide groups is 2. The third-order valence-electron chi connectivity index (χ3n) is 9.74. The van der Waals surface area contributed by atoms with Crippen LogP contribution < -0.4 is 21.7 Å². The SMILES string of the molecule is NC(=O)CCC(C=O)N1C(=O)c2c(NC(=O)C3CCC(C(=O)Nc4cccc5c4C(=O)N(C4CCC(=O)NC4=O)C5=O)CC3)cccc2C1O. The number of aliphatic hydroxyl groups is 1. The van der Waals surface area contributed by atoms with E-state index in [1.165, 1.54) is 30.3 Å². The van der Waals surface area contributed by atoms with Crippen LogP contribution in [0.2, 0.25) is 0 Å². The number of nitrogens with zero attached hydrogens (tertiary/aromatic N) is 2. The first-order chi connectivity index (χ1) is 23.9. The molecule has 6 rings (SSSR count). The minimum Gasteiger partial charge on any atom is -0.370 e. The average molecular weight is 687 g/mol. The van der Waals surface area contributed by atoms with Crippen molar-refractivity contribution in [3.8, 4) is 0 Å². The van der Waals surface area contributed by atoms with Crippen LogP contribution in [-0.4, -0.2) is 80.5 Å². The summed E-state index contributed by atoms with van der Waals surface area (Å²) in [5.74, 6) is -5.83. The van der Waals surface area contributed by atoms with E-state index in [4.69, 9.17) is 5.73 Å². The molecule has 3 atom stereocenters. The lowest BCUT2D eigenvalue weighted by Crippen LogP contribution is -2.54. The number of hydrogen-bond acceptors (Lipinski definition) is 10. The molecule has 1 aliphatic carbocycles. The van der Waals surface area contributed by atoms with Gasteiger partial charge in [0.25, 0.3) is 17.7 Å². The summed E-state index contributed by atoms with van der Waals surface area (Å²) < 4.78 is 0. The van der Waals surface area contributed by atoms with Crippen molar-refractivity contribution in [2.24, 2.45) is 17.6 Å². The molecule has 3 heterocycles. The second kappa shape index (κ2) is 13.6. The van der Waals surface area contributed by atoms with Crippen molar-refractivity contribution in [2.45, 2.75) is 69.7 Å². The molecular weight excluding hydrogens is 652 g/mol. The number of piperidine rings is 1. The first-order valence-corrected chi connectivity index (χ1v) is 16.2. The number of nitrogens with two attached hydrogens (primary N) is 1. The Balaban J connectivity index is 1.08. The van der Waals surface area contributed by atoms with Crippen LogP contribution in [0.15, 0.2) is 36.4 Å². The molecule has 1 saturated carbocycles. The van der Waals surface area contributed by atoms with Gasteiger partial charge in [-0.15, -0.1) is 0 Å². The first-order valence-electron chi connectivity index (χ1n) is 16.2. The van der Waals surface area contributed by atoms with Gasteiger partial charge in [-0.2, -0.15) is 0 Å². The summed E-state index contributed by atoms with van der Waals surface area (Å²) in [4.78, 5) is 115. The fourth-order valence-corrected chi connectivity index (χ4v) is 7.12. The van der Waals surface area contributed by atoms with Gasteiger partial charge >= 0.3 is 0 Å². The van der Waals surface area contributed by atoms with Crippen LogP contribution in [0.4, 0.5) is 11.4 Å². The number of amides is 8. The standard InChI is InChI=1S/C34H34N6O10/c35-24(42)13-11-18(15-41)39-31(47)19-3-1-5-21(26(19)33(39)49)36-28(44)16-7-9-17(10-8-16)29(45)37-22-6-2-4-20-27(22)34(50)40(32(20)48)23-12-14-25(43)38-30(23)46/h1-6,15-18,23,31,47H,7-14H2,(H2,35,42)(H,36,44)(H,37,45)(H,38,43,46). The number of nitrogens with one attached hydrogen (secondary N) is 3. The lowest BCUT2D eigenvalue weighted by molar-refractivity contribution is -0.136. The number of hydrogen-bond donors (Lipinski definition) is 5. The predicted molar refractivity (Wildman–Crippen MR) is 172 cm³/mol. The highest BCUT2D eigenvalue weighted by Gasteiger charge is 2.46. The van der Waals surface area contributed by atoms with Crippen molar-refractivity contribution in [2.75, 3.05) is 10.6 Å². The predicted octanol–water partition coefficient (Wildman–Crippen LogP) is 0.751. The number of primary amides is 1. The van der Waals surface area contributed by atoms with Crippen LogP contribution in [0.5, 0.6) is 0 Å². The number of aldehydes is 1. The van der Waals surface area contributed by atoms with Crippen LogP contribution in [0.1, 0.15) is 94.2 Å². The molecule has 2 aromatic rings. The maximum absolute atomic E-state index is 13.4. The van der Waals surface area contributed by atoms with Gasteiger partial charge in [0.15, 0.2) is 6.23 Å². The zero-order valence-electron chi connectivity index (χ0n) is 26.7. The van der Waals surface area contributed by atoms with Crippen molar-refractivity contribution in [3.63, 3.8) is 0 Å². The zero-order chi connectivity index (χ0) is 35.9. The van der Waals surface area contributed by atoms with Crippen LogP contribution in [0, 0.1) is 11.8 Å². The van der Waals surface area contributed by atoms with Gasteiger partial charge in [0.05, 0.1) is 34.1 Å². The molecule has 3 aliphatic heterocycles. The molecule has 0 radical (unpaired) electrons. The summed E-state index contributed by atoms with van der Waals surface area (Å²) >= 11 is 0. The third-order valence-corrected chi connectivity index (χ3v) is 9.74. The highest BCUT2D eigenvalue weighted by Crippen LogP contribution is 2.39. The molecule has 1 saturated heterocycles. The fourth-order valence-electron chi connectivity index (χ4n) is 7.12. The van der Waals surface area contributed by atoms with E-state index >= 15 is 0 Å². The Morgan fingerprint density at radius 2 is 1.46 bits per heavy atom. The van der Waals surface area contributed by atoms with Gasteiger partial charge in [0.1, 0.15) is 12.3 Å². The first kappa shape index (κ1) is 34.1. The Labute approximate surface area is 284 Å². The van der Waals surface area contributed by atoms with Gasteiger partial charge in [-0.05, 0) is 56.7 Å². The molecule has 0 aromatic heterocycles. The molecule has 8 amide bonds. The fraction of sp³-hybridized carbons (Fsp3) is 0.382. The number of aliphatic hydroxyl groups excluding tert-OH is 1. The van der Waals surface area contributed by atoms with Gasteiger partial charge in [-0.25, -0.2) is 0 Å². The molecule has 0 bridgehead atoms. The van der Waals surface area contributed by atoms with Crippen molar-refractivity contribution in [1.29, 1.82) is 0 Å². The minimum atomic E-state index is -1.47. The molecule has 50 heavy (non-hydrogen) atoms. The highest BCUT2D eigenvalue weighted by molar-refractivity contribution is 6.26. The molecule has 2 aromatic carbocycles. The summed E-state index contributed by atoms with van der Waals surface area (Å²) in [6, 6.07) is 6.74. The van der Waals surface area contributed by atoms with Crippen molar-refractivity contribution in [1.82, 2.24) is 15.1 Å². The number of carbonyl (C=O) groups is 9. The Morgan fingerprint density at radius 3 is 2.04 bits per heavy atom. The van der Waals surface area contributed by atoms with E-state index < -0.39 is 77.4 Å². The van der Waals surface area contributed by atoms with E-state index in [0.29, 0.717) is 32.0 Å². The molecule has 3 unspecified atom stereocenters. The van der Waals surface area contributed by atoms with Crippen molar-refractivity contribution < 1.29 is 48.3 Å². The van der Waals surface area contributed by atoms with Crippen molar-refractivity contribution >= 4 is 64.9 Å². The molecule has 16 nitrogen and oxygen atoms in total. The van der Waals surface area contributed by atoms with E-state index in [1.807, 2.05) is 0 Å². The van der Waals surface area contributed by atoms with E-state index in [0.717, 1.165) is 9.80 Å². The number of rotatable bonds is 10. The monoisotopic (exact) mass is 686 g/mol. The van der Waals surface area contributed by atoms with E-state index in [9.17, 15) is 48.3 Å². The molecular formula is C34H34N6O10. The number of carbonyl (C=O) groups excluding carboxylic acids is 9. The largest absolute Gasteiger partial charge is 0.370 e. The molecule has 16 heteroatoms. The quantitative estimate of drug-likeness (QED) is 0.173. The summed E-state index contributed by atoms with van der Waals surface area (Å²) in [5.41, 5.74) is 5.69. The van der Waals surface area contributed by atoms with E-state index in [2.05, 4.69) is 16.0 Å². The number of fused-ring (bicyclic) bond motifs is 2. The lowest BCUT2D eigenvalue weighted by Gasteiger charge is -2.28. The normalized spacial score (nSPS) is 23.6. The lowest BCUT2D eigenvalue weighted by atomic mass is 9.81. The highest BCUT2D eigenvalue weighted by atomic mass is 16.3. The average Bonchev–Trinajstić information content (AvgIpc) is 3.50. The minimum absolute atomic E-state index is 0.00284. The summed E-state index contributed by atoms with van der Waals surface area (Å²) in [7, 11) is 0. The van der Waals surface area contributed by atoms with E-state index in [-0.39, 0.29) is 59.3 Å². The molecule has 2 fully saturated rings.